The van der Waals surface area contributed by atoms with Gasteiger partial charge in [0.15, 0.2) is 6.61 Å². The number of hydrogen-bond donors (Lipinski definition) is 1. The molecule has 1 N–H and O–H groups in total. The lowest BCUT2D eigenvalue weighted by Crippen LogP contribution is -2.58. The number of para-hydroxylation sites is 1. The van der Waals surface area contributed by atoms with Crippen LogP contribution < -0.4 is 14.8 Å². The summed E-state index contributed by atoms with van der Waals surface area (Å²) in [6.07, 6.45) is -0.238. The van der Waals surface area contributed by atoms with Gasteiger partial charge in [-0.3, -0.25) is 14.4 Å². The fourth-order valence-electron chi connectivity index (χ4n) is 3.59. The molecule has 1 fully saturated rings. The van der Waals surface area contributed by atoms with E-state index in [1.807, 2.05) is 50.2 Å². The number of ether oxygens (including phenoxy) is 3. The quantitative estimate of drug-likeness (QED) is 0.372. The van der Waals surface area contributed by atoms with Crippen molar-refractivity contribution in [3.63, 3.8) is 0 Å². The maximum absolute atomic E-state index is 12.9. The zero-order valence-electron chi connectivity index (χ0n) is 19.3. The second-order valence-corrected chi connectivity index (χ2v) is 9.02. The van der Waals surface area contributed by atoms with Crippen molar-refractivity contribution in [2.24, 2.45) is 0 Å². The predicted octanol–water partition coefficient (Wildman–Crippen LogP) is 3.29. The van der Waals surface area contributed by atoms with Crippen LogP contribution in [0.2, 0.25) is 0 Å². The summed E-state index contributed by atoms with van der Waals surface area (Å²) >= 11 is 3.45. The lowest BCUT2D eigenvalue weighted by Gasteiger charge is -2.34. The summed E-state index contributed by atoms with van der Waals surface area (Å²) in [4.78, 5) is 39.1. The fourth-order valence-corrected chi connectivity index (χ4v) is 3.97. The number of nitrogens with one attached hydrogen (secondary N) is 1. The van der Waals surface area contributed by atoms with Crippen LogP contribution in [0.25, 0.3) is 0 Å². The van der Waals surface area contributed by atoms with Crippen molar-refractivity contribution in [2.75, 3.05) is 32.9 Å². The Morgan fingerprint density at radius 3 is 2.62 bits per heavy atom. The minimum atomic E-state index is -0.943. The smallest absolute Gasteiger partial charge is 0.308 e. The van der Waals surface area contributed by atoms with E-state index >= 15 is 0 Å². The van der Waals surface area contributed by atoms with E-state index in [4.69, 9.17) is 14.2 Å². The van der Waals surface area contributed by atoms with Gasteiger partial charge in [0.1, 0.15) is 30.8 Å². The zero-order chi connectivity index (χ0) is 24.5. The van der Waals surface area contributed by atoms with Crippen LogP contribution in [0.5, 0.6) is 11.5 Å². The van der Waals surface area contributed by atoms with Crippen LogP contribution in [0.1, 0.15) is 31.7 Å². The summed E-state index contributed by atoms with van der Waals surface area (Å²) < 4.78 is 17.4. The Balaban J connectivity index is 1.53. The standard InChI is InChI=1S/C25H29BrN2O6/c1-17(2)20-14-18(26)8-9-22(20)34-16-23(29)28-11-10-27-25(31)21(28)15-24(30)33-13-12-32-19-6-4-3-5-7-19/h3-9,14,17,21H,10-13,15-16H2,1-2H3,(H,27,31). The highest BCUT2D eigenvalue weighted by Gasteiger charge is 2.35. The predicted molar refractivity (Wildman–Crippen MR) is 130 cm³/mol. The number of carbonyl (C=O) groups is 3. The first-order valence-corrected chi connectivity index (χ1v) is 12.0. The van der Waals surface area contributed by atoms with E-state index in [-0.39, 0.29) is 44.0 Å². The Hall–Kier alpha value is -3.07. The van der Waals surface area contributed by atoms with E-state index in [9.17, 15) is 14.4 Å². The first-order chi connectivity index (χ1) is 16.3. The third-order valence-electron chi connectivity index (χ3n) is 5.31. The molecule has 3 rings (SSSR count). The van der Waals surface area contributed by atoms with Gasteiger partial charge in [0.05, 0.1) is 6.42 Å². The van der Waals surface area contributed by atoms with E-state index in [0.717, 1.165) is 10.0 Å². The van der Waals surface area contributed by atoms with E-state index in [2.05, 4.69) is 21.2 Å². The molecule has 0 aliphatic carbocycles. The number of nitrogens with zero attached hydrogens (tertiary/aromatic N) is 1. The molecule has 1 unspecified atom stereocenters. The molecule has 0 saturated carbocycles. The molecule has 1 aliphatic heterocycles. The molecule has 1 aliphatic rings. The Morgan fingerprint density at radius 1 is 1.12 bits per heavy atom. The zero-order valence-corrected chi connectivity index (χ0v) is 20.9. The van der Waals surface area contributed by atoms with Gasteiger partial charge in [-0.05, 0) is 41.8 Å². The van der Waals surface area contributed by atoms with Crippen molar-refractivity contribution in [3.05, 3.63) is 58.6 Å². The number of rotatable bonds is 10. The first kappa shape index (κ1) is 25.6. The monoisotopic (exact) mass is 532 g/mol. The maximum atomic E-state index is 12.9. The molecular formula is C25H29BrN2O6. The summed E-state index contributed by atoms with van der Waals surface area (Å²) in [6, 6.07) is 13.8. The molecule has 2 amide bonds. The van der Waals surface area contributed by atoms with Crippen LogP contribution in [0.15, 0.2) is 53.0 Å². The Morgan fingerprint density at radius 2 is 1.88 bits per heavy atom. The molecule has 0 aromatic heterocycles. The van der Waals surface area contributed by atoms with Gasteiger partial charge in [-0.15, -0.1) is 0 Å². The Labute approximate surface area is 207 Å². The highest BCUT2D eigenvalue weighted by molar-refractivity contribution is 9.10. The van der Waals surface area contributed by atoms with Gasteiger partial charge in [-0.1, -0.05) is 48.0 Å². The van der Waals surface area contributed by atoms with E-state index in [1.165, 1.54) is 4.90 Å². The molecule has 1 heterocycles. The number of benzene rings is 2. The van der Waals surface area contributed by atoms with Crippen molar-refractivity contribution in [1.29, 1.82) is 0 Å². The normalized spacial score (nSPS) is 15.6. The fraction of sp³-hybridized carbons (Fsp3) is 0.400. The number of amides is 2. The number of esters is 1. The Kier molecular flexibility index (Phi) is 9.33. The van der Waals surface area contributed by atoms with Crippen LogP contribution in [0, 0.1) is 0 Å². The third kappa shape index (κ3) is 7.21. The number of halogens is 1. The summed E-state index contributed by atoms with van der Waals surface area (Å²) in [7, 11) is 0. The average molecular weight is 533 g/mol. The molecule has 2 aromatic carbocycles. The largest absolute Gasteiger partial charge is 0.490 e. The number of carbonyl (C=O) groups excluding carboxylic acids is 3. The average Bonchev–Trinajstić information content (AvgIpc) is 2.82. The van der Waals surface area contributed by atoms with Crippen molar-refractivity contribution >= 4 is 33.7 Å². The number of hydrogen-bond acceptors (Lipinski definition) is 6. The molecule has 2 aromatic rings. The molecule has 0 radical (unpaired) electrons. The molecule has 0 bridgehead atoms. The highest BCUT2D eigenvalue weighted by atomic mass is 79.9. The van der Waals surface area contributed by atoms with Crippen LogP contribution in [-0.2, 0) is 19.1 Å². The van der Waals surface area contributed by atoms with E-state index in [0.29, 0.717) is 24.6 Å². The minimum absolute atomic E-state index is 0.0423. The van der Waals surface area contributed by atoms with Crippen LogP contribution in [0.3, 0.4) is 0 Å². The molecule has 1 atom stereocenters. The van der Waals surface area contributed by atoms with Crippen LogP contribution in [0.4, 0.5) is 0 Å². The van der Waals surface area contributed by atoms with Crippen molar-refractivity contribution in [2.45, 2.75) is 32.2 Å². The molecule has 182 valence electrons. The molecule has 34 heavy (non-hydrogen) atoms. The lowest BCUT2D eigenvalue weighted by atomic mass is 10.0. The van der Waals surface area contributed by atoms with Gasteiger partial charge >= 0.3 is 5.97 Å². The van der Waals surface area contributed by atoms with Gasteiger partial charge in [0.2, 0.25) is 5.91 Å². The summed E-state index contributed by atoms with van der Waals surface area (Å²) in [5.74, 6) is 0.168. The van der Waals surface area contributed by atoms with E-state index in [1.54, 1.807) is 12.1 Å². The molecule has 9 heteroatoms. The third-order valence-corrected chi connectivity index (χ3v) is 5.81. The van der Waals surface area contributed by atoms with E-state index < -0.39 is 12.0 Å². The minimum Gasteiger partial charge on any atom is -0.490 e. The molecule has 8 nitrogen and oxygen atoms in total. The highest BCUT2D eigenvalue weighted by Crippen LogP contribution is 2.29. The molecule has 0 spiro atoms. The maximum Gasteiger partial charge on any atom is 0.308 e. The van der Waals surface area contributed by atoms with Crippen molar-refractivity contribution in [3.8, 4) is 11.5 Å². The second kappa shape index (κ2) is 12.4. The number of piperazine rings is 1. The van der Waals surface area contributed by atoms with Gasteiger partial charge < -0.3 is 24.4 Å². The summed E-state index contributed by atoms with van der Waals surface area (Å²) in [6.45, 7) is 4.69. The summed E-state index contributed by atoms with van der Waals surface area (Å²) in [5.41, 5.74) is 0.969. The van der Waals surface area contributed by atoms with Crippen LogP contribution in [-0.4, -0.2) is 61.6 Å². The first-order valence-electron chi connectivity index (χ1n) is 11.2. The molecular weight excluding hydrogens is 504 g/mol. The van der Waals surface area contributed by atoms with Crippen molar-refractivity contribution in [1.82, 2.24) is 10.2 Å². The van der Waals surface area contributed by atoms with Gasteiger partial charge in [-0.25, -0.2) is 0 Å². The van der Waals surface area contributed by atoms with Gasteiger partial charge in [0.25, 0.3) is 5.91 Å². The Bertz CT molecular complexity index is 998. The second-order valence-electron chi connectivity index (χ2n) is 8.11. The molecule has 1 saturated heterocycles. The van der Waals surface area contributed by atoms with Crippen molar-refractivity contribution < 1.29 is 28.6 Å². The summed E-state index contributed by atoms with van der Waals surface area (Å²) in [5, 5.41) is 2.70. The lowest BCUT2D eigenvalue weighted by molar-refractivity contribution is -0.152. The SMILES string of the molecule is CC(C)c1cc(Br)ccc1OCC(=O)N1CCNC(=O)C1CC(=O)OCCOc1ccccc1. The van der Waals surface area contributed by atoms with Gasteiger partial charge in [0, 0.05) is 17.6 Å². The van der Waals surface area contributed by atoms with Crippen LogP contribution >= 0.6 is 15.9 Å². The van der Waals surface area contributed by atoms with Gasteiger partial charge in [-0.2, -0.15) is 0 Å². The topological polar surface area (TPSA) is 94.2 Å².